The molecule has 2 aliphatic rings. The number of aromatic nitrogens is 1. The Morgan fingerprint density at radius 3 is 2.61 bits per heavy atom. The number of hydrogen-bond donors (Lipinski definition) is 2. The van der Waals surface area contributed by atoms with Gasteiger partial charge in [-0.2, -0.15) is 0 Å². The molecule has 1 atom stereocenters. The zero-order chi connectivity index (χ0) is 22.6. The Bertz CT molecular complexity index is 1120. The molecular weight excluding hydrogens is 420 g/mol. The lowest BCUT2D eigenvalue weighted by atomic mass is 9.70. The maximum absolute atomic E-state index is 13.0. The van der Waals surface area contributed by atoms with E-state index in [9.17, 15) is 18.3 Å². The van der Waals surface area contributed by atoms with Gasteiger partial charge in [0.25, 0.3) is 0 Å². The Morgan fingerprint density at radius 1 is 1.32 bits per heavy atom. The predicted octanol–water partition coefficient (Wildman–Crippen LogP) is 1.17. The monoisotopic (exact) mass is 450 g/mol. The molecule has 2 N–H and O–H groups in total. The number of carbonyl (C=O) groups is 1. The molecule has 3 heterocycles. The summed E-state index contributed by atoms with van der Waals surface area (Å²) in [6, 6.07) is 5.04. The standard InChI is InChI=1S/C21H30N4O5S/c1-5-8-22-20(27)25-13-21(11-24(12-21)31(4,28)29)18-15-7-6-14(30-3)9-16(15)23(2)19(18)17(25)10-26/h6-7,9,17,26H,5,8,10-13H2,1-4H3,(H,22,27)/t17-/m0/s1. The van der Waals surface area contributed by atoms with Crippen LogP contribution in [-0.4, -0.2) is 79.5 Å². The van der Waals surface area contributed by atoms with Crippen LogP contribution >= 0.6 is 0 Å². The van der Waals surface area contributed by atoms with Gasteiger partial charge in [0.15, 0.2) is 0 Å². The van der Waals surface area contributed by atoms with Gasteiger partial charge in [-0.05, 0) is 24.1 Å². The first-order valence-corrected chi connectivity index (χ1v) is 12.3. The van der Waals surface area contributed by atoms with Crippen LogP contribution in [0.4, 0.5) is 4.79 Å². The van der Waals surface area contributed by atoms with Crippen molar-refractivity contribution in [2.45, 2.75) is 24.8 Å². The summed E-state index contributed by atoms with van der Waals surface area (Å²) in [6.07, 6.45) is 2.01. The second-order valence-electron chi connectivity index (χ2n) is 8.57. The first-order chi connectivity index (χ1) is 14.7. The highest BCUT2D eigenvalue weighted by Gasteiger charge is 2.56. The van der Waals surface area contributed by atoms with Crippen LogP contribution in [0.2, 0.25) is 0 Å². The smallest absolute Gasteiger partial charge is 0.318 e. The Kier molecular flexibility index (Phi) is 5.43. The Labute approximate surface area is 182 Å². The highest BCUT2D eigenvalue weighted by molar-refractivity contribution is 7.88. The third kappa shape index (κ3) is 3.37. The number of sulfonamides is 1. The fraction of sp³-hybridized carbons (Fsp3) is 0.571. The second-order valence-corrected chi connectivity index (χ2v) is 10.6. The van der Waals surface area contributed by atoms with Gasteiger partial charge in [0.1, 0.15) is 5.75 Å². The molecule has 170 valence electrons. The fourth-order valence-electron chi connectivity index (χ4n) is 5.03. The zero-order valence-corrected chi connectivity index (χ0v) is 19.2. The lowest BCUT2D eigenvalue weighted by Gasteiger charge is -2.55. The summed E-state index contributed by atoms with van der Waals surface area (Å²) in [5.41, 5.74) is 2.26. The van der Waals surface area contributed by atoms with E-state index in [1.807, 2.05) is 36.7 Å². The lowest BCUT2D eigenvalue weighted by molar-refractivity contribution is 0.0497. The topological polar surface area (TPSA) is 104 Å². The number of nitrogens with zero attached hydrogens (tertiary/aromatic N) is 3. The van der Waals surface area contributed by atoms with Crippen molar-refractivity contribution in [3.63, 3.8) is 0 Å². The quantitative estimate of drug-likeness (QED) is 0.712. The van der Waals surface area contributed by atoms with Crippen LogP contribution in [0.15, 0.2) is 18.2 Å². The summed E-state index contributed by atoms with van der Waals surface area (Å²) in [6.45, 7) is 3.25. The number of benzene rings is 1. The number of methoxy groups -OCH3 is 1. The van der Waals surface area contributed by atoms with E-state index in [0.29, 0.717) is 31.9 Å². The molecule has 0 bridgehead atoms. The average molecular weight is 451 g/mol. The first-order valence-electron chi connectivity index (χ1n) is 10.4. The Hall–Kier alpha value is -2.30. The molecule has 1 aromatic carbocycles. The number of rotatable bonds is 5. The highest BCUT2D eigenvalue weighted by Crippen LogP contribution is 2.50. The van der Waals surface area contributed by atoms with Crippen molar-refractivity contribution >= 4 is 27.0 Å². The summed E-state index contributed by atoms with van der Waals surface area (Å²) < 4.78 is 33.1. The molecule has 1 fully saturated rings. The predicted molar refractivity (Wildman–Crippen MR) is 118 cm³/mol. The third-order valence-electron chi connectivity index (χ3n) is 6.54. The van der Waals surface area contributed by atoms with Crippen molar-refractivity contribution < 1.29 is 23.1 Å². The van der Waals surface area contributed by atoms with Crippen LogP contribution < -0.4 is 10.1 Å². The van der Waals surface area contributed by atoms with E-state index in [-0.39, 0.29) is 12.6 Å². The van der Waals surface area contributed by atoms with Crippen molar-refractivity contribution in [2.75, 3.05) is 46.2 Å². The van der Waals surface area contributed by atoms with E-state index in [1.54, 1.807) is 12.0 Å². The normalized spacial score (nSPS) is 20.5. The number of amides is 2. The van der Waals surface area contributed by atoms with E-state index in [2.05, 4.69) is 5.32 Å². The summed E-state index contributed by atoms with van der Waals surface area (Å²) in [5.74, 6) is 0.712. The SMILES string of the molecule is CCCNC(=O)N1CC2(CN(S(C)(=O)=O)C2)c2c(n(C)c3cc(OC)ccc23)[C@@H]1CO. The number of fused-ring (bicyclic) bond motifs is 4. The molecule has 0 saturated carbocycles. The van der Waals surface area contributed by atoms with E-state index < -0.39 is 21.5 Å². The maximum atomic E-state index is 13.0. The van der Waals surface area contributed by atoms with Gasteiger partial charge in [0, 0.05) is 55.8 Å². The van der Waals surface area contributed by atoms with Crippen LogP contribution in [0.25, 0.3) is 10.9 Å². The molecule has 0 unspecified atom stereocenters. The maximum Gasteiger partial charge on any atom is 0.318 e. The van der Waals surface area contributed by atoms with Crippen LogP contribution in [0.1, 0.15) is 30.6 Å². The van der Waals surface area contributed by atoms with Crippen LogP contribution in [0.3, 0.4) is 0 Å². The van der Waals surface area contributed by atoms with Crippen LogP contribution in [0, 0.1) is 0 Å². The number of nitrogens with one attached hydrogen (secondary N) is 1. The number of carbonyl (C=O) groups excluding carboxylic acids is 1. The molecule has 2 aromatic rings. The molecule has 0 radical (unpaired) electrons. The number of ether oxygens (including phenoxy) is 1. The van der Waals surface area contributed by atoms with E-state index in [0.717, 1.165) is 28.6 Å². The van der Waals surface area contributed by atoms with Gasteiger partial charge in [-0.25, -0.2) is 17.5 Å². The van der Waals surface area contributed by atoms with Crippen molar-refractivity contribution in [2.24, 2.45) is 7.05 Å². The summed E-state index contributed by atoms with van der Waals surface area (Å²) in [7, 11) is 0.189. The van der Waals surface area contributed by atoms with E-state index >= 15 is 0 Å². The van der Waals surface area contributed by atoms with Gasteiger partial charge < -0.3 is 24.6 Å². The van der Waals surface area contributed by atoms with Gasteiger partial charge in [-0.3, -0.25) is 0 Å². The molecule has 1 saturated heterocycles. The number of aliphatic hydroxyl groups excluding tert-OH is 1. The van der Waals surface area contributed by atoms with Gasteiger partial charge in [-0.15, -0.1) is 0 Å². The molecule has 1 aromatic heterocycles. The van der Waals surface area contributed by atoms with E-state index in [1.165, 1.54) is 10.6 Å². The summed E-state index contributed by atoms with van der Waals surface area (Å²) in [4.78, 5) is 14.7. The summed E-state index contributed by atoms with van der Waals surface area (Å²) >= 11 is 0. The van der Waals surface area contributed by atoms with Crippen molar-refractivity contribution in [1.82, 2.24) is 19.1 Å². The number of aryl methyl sites for hydroxylation is 1. The molecule has 4 rings (SSSR count). The molecule has 10 heteroatoms. The minimum absolute atomic E-state index is 0.223. The molecular formula is C21H30N4O5S. The van der Waals surface area contributed by atoms with Gasteiger partial charge >= 0.3 is 6.03 Å². The Morgan fingerprint density at radius 2 is 2.03 bits per heavy atom. The van der Waals surface area contributed by atoms with Gasteiger partial charge in [0.05, 0.1) is 31.5 Å². The first kappa shape index (κ1) is 21.9. The minimum atomic E-state index is -3.33. The Balaban J connectivity index is 1.90. The van der Waals surface area contributed by atoms with Crippen molar-refractivity contribution in [1.29, 1.82) is 0 Å². The third-order valence-corrected chi connectivity index (χ3v) is 7.73. The van der Waals surface area contributed by atoms with Crippen LogP contribution in [-0.2, 0) is 22.5 Å². The largest absolute Gasteiger partial charge is 0.497 e. The van der Waals surface area contributed by atoms with Gasteiger partial charge in [-0.1, -0.05) is 6.92 Å². The fourth-order valence-corrected chi connectivity index (χ4v) is 5.99. The lowest BCUT2D eigenvalue weighted by Crippen LogP contribution is -2.68. The summed E-state index contributed by atoms with van der Waals surface area (Å²) in [5, 5.41) is 14.2. The molecule has 0 aliphatic carbocycles. The molecule has 2 aliphatic heterocycles. The average Bonchev–Trinajstić information content (AvgIpc) is 3.01. The number of hydrogen-bond acceptors (Lipinski definition) is 5. The van der Waals surface area contributed by atoms with Gasteiger partial charge in [0.2, 0.25) is 10.0 Å². The second kappa shape index (κ2) is 7.68. The molecule has 2 amide bonds. The minimum Gasteiger partial charge on any atom is -0.497 e. The van der Waals surface area contributed by atoms with Crippen molar-refractivity contribution in [3.05, 3.63) is 29.5 Å². The highest BCUT2D eigenvalue weighted by atomic mass is 32.2. The van der Waals surface area contributed by atoms with Crippen molar-refractivity contribution in [3.8, 4) is 5.75 Å². The zero-order valence-electron chi connectivity index (χ0n) is 18.4. The van der Waals surface area contributed by atoms with Crippen LogP contribution in [0.5, 0.6) is 5.75 Å². The number of aliphatic hydroxyl groups is 1. The number of urea groups is 1. The molecule has 9 nitrogen and oxygen atoms in total. The van der Waals surface area contributed by atoms with E-state index in [4.69, 9.17) is 4.74 Å². The molecule has 31 heavy (non-hydrogen) atoms. The molecule has 1 spiro atoms.